The second-order valence-electron chi connectivity index (χ2n) is 21.2. The number of unbranched alkanes of at least 4 members (excludes halogenated alkanes) is 12. The van der Waals surface area contributed by atoms with Crippen LogP contribution in [0.5, 0.6) is 0 Å². The molecule has 0 aliphatic heterocycles. The van der Waals surface area contributed by atoms with Gasteiger partial charge in [0.05, 0.1) is 11.8 Å². The molecule has 0 saturated heterocycles. The molecular weight excluding hydrogens is 849 g/mol. The largest absolute Gasteiger partial charge is 0.366 e. The fourth-order valence-electron chi connectivity index (χ4n) is 14.4. The van der Waals surface area contributed by atoms with Crippen LogP contribution < -0.4 is 0 Å². The number of ketones is 6. The van der Waals surface area contributed by atoms with Gasteiger partial charge >= 0.3 is 0 Å². The molecule has 3 aromatic carbocycles. The van der Waals surface area contributed by atoms with E-state index in [4.69, 9.17) is 9.47 Å². The van der Waals surface area contributed by atoms with E-state index >= 15 is 28.8 Å². The highest BCUT2D eigenvalue weighted by Gasteiger charge is 2.67. The average Bonchev–Trinajstić information content (AvgIpc) is 3.34. The van der Waals surface area contributed by atoms with Crippen LogP contribution in [0.3, 0.4) is 0 Å². The van der Waals surface area contributed by atoms with Crippen molar-refractivity contribution >= 4 is 34.7 Å². The van der Waals surface area contributed by atoms with Gasteiger partial charge in [0.1, 0.15) is 11.2 Å². The first kappa shape index (κ1) is 48.6. The summed E-state index contributed by atoms with van der Waals surface area (Å²) < 4.78 is 14.0. The molecule has 0 spiro atoms. The smallest absolute Gasteiger partial charge is 0.196 e. The first-order valence-corrected chi connectivity index (χ1v) is 27.1. The van der Waals surface area contributed by atoms with Crippen LogP contribution in [0.15, 0.2) is 36.4 Å². The summed E-state index contributed by atoms with van der Waals surface area (Å²) in [7, 11) is 0. The maximum Gasteiger partial charge on any atom is 0.196 e. The normalized spacial score (nSPS) is 26.9. The van der Waals surface area contributed by atoms with Crippen molar-refractivity contribution in [2.24, 2.45) is 11.8 Å². The fraction of sp³-hybridized carbons (Fsp3) is 0.600. The zero-order chi connectivity index (χ0) is 48.1. The Morgan fingerprint density at radius 2 is 0.691 bits per heavy atom. The number of carbonyl (C=O) groups is 6. The highest BCUT2D eigenvalue weighted by molar-refractivity contribution is 6.30. The minimum Gasteiger partial charge on any atom is -0.366 e. The van der Waals surface area contributed by atoms with Crippen molar-refractivity contribution in [3.8, 4) is 0 Å². The molecule has 8 nitrogen and oxygen atoms in total. The lowest BCUT2D eigenvalue weighted by Gasteiger charge is -2.55. The van der Waals surface area contributed by atoms with Crippen LogP contribution in [0.2, 0.25) is 0 Å². The maximum absolute atomic E-state index is 16.3. The number of Topliss-reactive ketones (excluding diaryl/α,β-unsaturated/α-hetero) is 4. The quantitative estimate of drug-likeness (QED) is 0.0637. The fourth-order valence-corrected chi connectivity index (χ4v) is 14.4. The van der Waals surface area contributed by atoms with Gasteiger partial charge in [0.25, 0.3) is 0 Å². The van der Waals surface area contributed by atoms with E-state index in [0.717, 1.165) is 125 Å². The van der Waals surface area contributed by atoms with Gasteiger partial charge in [-0.15, -0.1) is 0 Å². The molecule has 0 amide bonds. The third-order valence-electron chi connectivity index (χ3n) is 17.4. The van der Waals surface area contributed by atoms with E-state index in [9.17, 15) is 0 Å². The lowest BCUT2D eigenvalue weighted by molar-refractivity contribution is -0.0812. The van der Waals surface area contributed by atoms with Gasteiger partial charge in [-0.2, -0.15) is 0 Å². The van der Waals surface area contributed by atoms with Crippen LogP contribution in [0.1, 0.15) is 289 Å². The summed E-state index contributed by atoms with van der Waals surface area (Å²) in [5.41, 5.74) is 1.97. The number of hydrogen-bond donors (Lipinski definition) is 0. The highest BCUT2D eigenvalue weighted by atomic mass is 16.5. The van der Waals surface area contributed by atoms with Crippen LogP contribution in [-0.4, -0.2) is 59.1 Å². The SMILES string of the molecule is CCCCCC[C@@H]1c2cc3c4cc2[C@H](CCCCCC)C2(OCC)C(=O)c5cc6c(cc5C(=O)C12)C(=O)C1[C@@H](CCCCCC)c2cc(c(cc2[C@@H](CCCCCC)C1(OCC)C6=O)C4=O)C3=O. The molecule has 4 unspecified atom stereocenters. The van der Waals surface area contributed by atoms with Crippen LogP contribution in [-0.2, 0) is 9.47 Å². The lowest BCUT2D eigenvalue weighted by atomic mass is 9.50. The van der Waals surface area contributed by atoms with Crippen LogP contribution in [0.4, 0.5) is 0 Å². The summed E-state index contributed by atoms with van der Waals surface area (Å²) in [5, 5.41) is 0. The van der Waals surface area contributed by atoms with Gasteiger partial charge in [0, 0.05) is 69.6 Å². The van der Waals surface area contributed by atoms with Crippen molar-refractivity contribution in [3.63, 3.8) is 0 Å². The summed E-state index contributed by atoms with van der Waals surface area (Å²) in [6.45, 7) is 12.7. The minimum absolute atomic E-state index is 0.131. The molecule has 0 N–H and O–H groups in total. The summed E-state index contributed by atoms with van der Waals surface area (Å²) in [6, 6.07) is 10.9. The first-order chi connectivity index (χ1) is 33.0. The van der Waals surface area contributed by atoms with E-state index in [1.54, 1.807) is 12.1 Å². The summed E-state index contributed by atoms with van der Waals surface area (Å²) in [6.07, 6.45) is 17.1. The number of ether oxygens (including phenoxy) is 2. The van der Waals surface area contributed by atoms with Gasteiger partial charge in [0.2, 0.25) is 0 Å². The van der Waals surface area contributed by atoms with Gasteiger partial charge in [-0.1, -0.05) is 130 Å². The second kappa shape index (κ2) is 19.8. The van der Waals surface area contributed by atoms with Gasteiger partial charge in [0.15, 0.2) is 34.7 Å². The lowest BCUT2D eigenvalue weighted by Crippen LogP contribution is -2.64. The van der Waals surface area contributed by atoms with Gasteiger partial charge in [-0.3, -0.25) is 28.8 Å². The Kier molecular flexibility index (Phi) is 14.1. The molecule has 8 heteroatoms. The van der Waals surface area contributed by atoms with Gasteiger partial charge in [-0.25, -0.2) is 0 Å². The number of benzene rings is 3. The van der Waals surface area contributed by atoms with Crippen molar-refractivity contribution in [3.05, 3.63) is 103 Å². The topological polar surface area (TPSA) is 121 Å². The zero-order valence-electron chi connectivity index (χ0n) is 41.8. The molecule has 0 radical (unpaired) electrons. The minimum atomic E-state index is -1.65. The van der Waals surface area contributed by atoms with E-state index in [-0.39, 0.29) is 70.2 Å². The summed E-state index contributed by atoms with van der Waals surface area (Å²) in [4.78, 5) is 95.6. The van der Waals surface area contributed by atoms with E-state index < -0.39 is 46.7 Å². The Morgan fingerprint density at radius 1 is 0.368 bits per heavy atom. The second-order valence-corrected chi connectivity index (χ2v) is 21.2. The van der Waals surface area contributed by atoms with E-state index in [2.05, 4.69) is 27.7 Å². The molecule has 8 rings (SSSR count). The molecule has 3 aromatic rings. The number of rotatable bonds is 24. The monoisotopic (exact) mass is 923 g/mol. The third kappa shape index (κ3) is 7.34. The average molecular weight is 923 g/mol. The first-order valence-electron chi connectivity index (χ1n) is 27.1. The van der Waals surface area contributed by atoms with Gasteiger partial charge in [-0.05, 0) is 110 Å². The highest BCUT2D eigenvalue weighted by Crippen LogP contribution is 2.62. The molecular formula is C60H74O8. The molecule has 0 fully saturated rings. The van der Waals surface area contributed by atoms with E-state index in [1.807, 2.05) is 38.1 Å². The number of carbonyl (C=O) groups excluding carboxylic acids is 6. The van der Waals surface area contributed by atoms with E-state index in [1.165, 1.54) is 0 Å². The molecule has 362 valence electrons. The molecule has 0 saturated carbocycles. The van der Waals surface area contributed by atoms with Crippen LogP contribution in [0.25, 0.3) is 0 Å². The van der Waals surface area contributed by atoms with Crippen molar-refractivity contribution in [2.45, 2.75) is 205 Å². The summed E-state index contributed by atoms with van der Waals surface area (Å²) in [5.74, 6) is -5.80. The van der Waals surface area contributed by atoms with Crippen molar-refractivity contribution < 1.29 is 38.2 Å². The standard InChI is InChI=1S/C60H74O8/c1-7-13-17-21-25-35-37-29-41-43-31-39(37)49(27-23-19-15-9-3)59(67-11-5)51(35)55(63)45-33-46-48(34-47(45)57(59)65)58(66)60(68-12-6)50(28-24-20-16-10-4)40-32-44(54(43)62)42(53(41)61)30-38(40)36(52(60)56(46)64)26-22-18-14-8-2/h29-36,49-52H,7-28H2,1-6H3/t35-,36+,49+,50-,51?,52?,59?,60?. The number of fused-ring (bicyclic) bond motifs is 8. The van der Waals surface area contributed by atoms with Crippen molar-refractivity contribution in [1.82, 2.24) is 0 Å². The maximum atomic E-state index is 16.3. The summed E-state index contributed by atoms with van der Waals surface area (Å²) >= 11 is 0. The Balaban J connectivity index is 1.41. The van der Waals surface area contributed by atoms with Crippen LogP contribution in [0, 0.1) is 11.8 Å². The van der Waals surface area contributed by atoms with Crippen molar-refractivity contribution in [2.75, 3.05) is 13.2 Å². The van der Waals surface area contributed by atoms with Gasteiger partial charge < -0.3 is 9.47 Å². The molecule has 5 aliphatic carbocycles. The predicted octanol–water partition coefficient (Wildman–Crippen LogP) is 14.0. The molecule has 0 bridgehead atoms. The predicted molar refractivity (Wildman–Crippen MR) is 265 cm³/mol. The Morgan fingerprint density at radius 3 is 1.03 bits per heavy atom. The van der Waals surface area contributed by atoms with Crippen LogP contribution >= 0.6 is 0 Å². The van der Waals surface area contributed by atoms with E-state index in [0.29, 0.717) is 47.9 Å². The third-order valence-corrected chi connectivity index (χ3v) is 17.4. The molecule has 0 heterocycles. The molecule has 8 atom stereocenters. The molecule has 5 aliphatic rings. The Labute approximate surface area is 404 Å². The Hall–Kier alpha value is -4.40. The van der Waals surface area contributed by atoms with Crippen molar-refractivity contribution in [1.29, 1.82) is 0 Å². The zero-order valence-corrected chi connectivity index (χ0v) is 41.8. The molecule has 0 aromatic heterocycles. The Bertz CT molecular complexity index is 2360. The number of hydrogen-bond acceptors (Lipinski definition) is 8. The molecule has 68 heavy (non-hydrogen) atoms.